The lowest BCUT2D eigenvalue weighted by Crippen LogP contribution is -2.15. The number of carbonyl (C=O) groups is 1. The average molecular weight is 503 g/mol. The molecule has 0 radical (unpaired) electrons. The number of pyridine rings is 2. The minimum absolute atomic E-state index is 0.0387. The molecule has 0 saturated carbocycles. The maximum atomic E-state index is 13.4. The van der Waals surface area contributed by atoms with Gasteiger partial charge >= 0.3 is 6.18 Å². The molecule has 0 unspecified atom stereocenters. The molecule has 0 aliphatic rings. The van der Waals surface area contributed by atoms with Gasteiger partial charge in [0.25, 0.3) is 5.91 Å². The predicted molar refractivity (Wildman–Crippen MR) is 113 cm³/mol. The highest BCUT2D eigenvalue weighted by Crippen LogP contribution is 2.40. The number of ether oxygens (including phenoxy) is 1. The number of nitrogens with zero attached hydrogens (tertiary/aromatic N) is 2. The number of nitrogens with one attached hydrogen (secondary N) is 2. The van der Waals surface area contributed by atoms with Gasteiger partial charge in [-0.1, -0.05) is 11.6 Å². The van der Waals surface area contributed by atoms with Gasteiger partial charge in [-0.15, -0.1) is 0 Å². The van der Waals surface area contributed by atoms with Crippen LogP contribution in [-0.2, 0) is 15.9 Å². The number of aryl methyl sites for hydroxylation is 1. The zero-order valence-corrected chi connectivity index (χ0v) is 18.5. The van der Waals surface area contributed by atoms with E-state index in [4.69, 9.17) is 21.1 Å². The van der Waals surface area contributed by atoms with Crippen LogP contribution in [0.3, 0.4) is 0 Å². The summed E-state index contributed by atoms with van der Waals surface area (Å²) in [5.74, 6) is -2.31. The molecule has 0 aliphatic heterocycles. The molecule has 2 heterocycles. The minimum Gasteiger partial charge on any atom is -0.455 e. The molecule has 2 N–H and O–H groups in total. The Labute approximate surface area is 190 Å². The molecule has 0 fully saturated rings. The summed E-state index contributed by atoms with van der Waals surface area (Å²) in [5.41, 5.74) is -1.47. The molecule has 2 aromatic heterocycles. The van der Waals surface area contributed by atoms with Crippen LogP contribution in [-0.4, -0.2) is 26.3 Å². The topological polar surface area (TPSA) is 105 Å². The number of hydrogen-bond acceptors (Lipinski definition) is 6. The number of benzene rings is 1. The van der Waals surface area contributed by atoms with E-state index in [0.717, 1.165) is 24.5 Å². The maximum absolute atomic E-state index is 13.4. The van der Waals surface area contributed by atoms with Gasteiger partial charge in [-0.2, -0.15) is 17.6 Å². The summed E-state index contributed by atoms with van der Waals surface area (Å²) in [5, 5.41) is 1.58. The number of aromatic nitrogens is 2. The minimum atomic E-state index is -4.84. The zero-order chi connectivity index (χ0) is 24.6. The fourth-order valence-corrected chi connectivity index (χ4v) is 3.56. The van der Waals surface area contributed by atoms with Gasteiger partial charge in [-0.3, -0.25) is 4.79 Å². The van der Waals surface area contributed by atoms with Crippen molar-refractivity contribution in [1.29, 1.82) is 4.78 Å². The van der Waals surface area contributed by atoms with Crippen LogP contribution in [0.1, 0.15) is 21.6 Å². The molecule has 7 nitrogen and oxygen atoms in total. The van der Waals surface area contributed by atoms with Crippen LogP contribution in [0.4, 0.5) is 23.2 Å². The summed E-state index contributed by atoms with van der Waals surface area (Å²) in [6.45, 7) is 1.38. The molecule has 0 aliphatic carbocycles. The number of carbonyl (C=O) groups excluding carboxylic acids is 1. The van der Waals surface area contributed by atoms with Crippen LogP contribution in [0, 0.1) is 17.7 Å². The molecule has 174 valence electrons. The highest BCUT2D eigenvalue weighted by molar-refractivity contribution is 7.91. The second-order valence-electron chi connectivity index (χ2n) is 6.83. The fraction of sp³-hybridized carbons (Fsp3) is 0.150. The molecular weight excluding hydrogens is 488 g/mol. The summed E-state index contributed by atoms with van der Waals surface area (Å²) in [6.07, 6.45) is -2.48. The second-order valence-corrected chi connectivity index (χ2v) is 9.34. The van der Waals surface area contributed by atoms with Crippen molar-refractivity contribution in [2.24, 2.45) is 0 Å². The molecule has 0 saturated heterocycles. The van der Waals surface area contributed by atoms with Crippen molar-refractivity contribution in [3.63, 3.8) is 0 Å². The van der Waals surface area contributed by atoms with Crippen molar-refractivity contribution < 1.29 is 31.3 Å². The Hall–Kier alpha value is -3.25. The van der Waals surface area contributed by atoms with Gasteiger partial charge in [0.05, 0.1) is 31.6 Å². The number of rotatable bonds is 5. The highest BCUT2D eigenvalue weighted by atomic mass is 35.5. The largest absolute Gasteiger partial charge is 0.455 e. The van der Waals surface area contributed by atoms with Gasteiger partial charge in [-0.05, 0) is 43.3 Å². The number of amides is 1. The predicted octanol–water partition coefficient (Wildman–Crippen LogP) is 5.68. The lowest BCUT2D eigenvalue weighted by atomic mass is 10.1. The van der Waals surface area contributed by atoms with Crippen LogP contribution in [0.5, 0.6) is 11.5 Å². The van der Waals surface area contributed by atoms with Crippen molar-refractivity contribution in [2.75, 3.05) is 11.6 Å². The molecule has 1 aromatic carbocycles. The SMILES string of the molecule is Cc1nc(F)ccc1Oc1cc(C(F)(F)F)c(Cl)cc1C(=O)Nc1ccnc([S@@](C)(=N)=O)c1. The zero-order valence-electron chi connectivity index (χ0n) is 17.0. The van der Waals surface area contributed by atoms with Gasteiger partial charge in [0.2, 0.25) is 5.95 Å². The summed E-state index contributed by atoms with van der Waals surface area (Å²) in [7, 11) is -3.18. The molecule has 0 spiro atoms. The lowest BCUT2D eigenvalue weighted by Gasteiger charge is -2.17. The molecule has 3 aromatic rings. The average Bonchev–Trinajstić information content (AvgIpc) is 2.69. The van der Waals surface area contributed by atoms with E-state index >= 15 is 0 Å². The first-order valence-corrected chi connectivity index (χ1v) is 11.3. The summed E-state index contributed by atoms with van der Waals surface area (Å²) >= 11 is 5.78. The van der Waals surface area contributed by atoms with Crippen LogP contribution in [0.25, 0.3) is 0 Å². The van der Waals surface area contributed by atoms with Crippen molar-refractivity contribution >= 4 is 32.9 Å². The van der Waals surface area contributed by atoms with Crippen LogP contribution < -0.4 is 10.1 Å². The summed E-state index contributed by atoms with van der Waals surface area (Å²) < 4.78 is 78.4. The Bertz CT molecular complexity index is 1350. The molecule has 33 heavy (non-hydrogen) atoms. The van der Waals surface area contributed by atoms with Gasteiger partial charge in [-0.25, -0.2) is 19.0 Å². The smallest absolute Gasteiger partial charge is 0.417 e. The number of anilines is 1. The first kappa shape index (κ1) is 24.4. The van der Waals surface area contributed by atoms with Crippen LogP contribution in [0.2, 0.25) is 5.02 Å². The third-order valence-corrected chi connectivity index (χ3v) is 5.57. The van der Waals surface area contributed by atoms with E-state index in [9.17, 15) is 26.6 Å². The fourth-order valence-electron chi connectivity index (χ4n) is 2.68. The molecule has 13 heteroatoms. The Kier molecular flexibility index (Phi) is 6.61. The molecule has 3 rings (SSSR count). The van der Waals surface area contributed by atoms with Crippen molar-refractivity contribution in [3.05, 3.63) is 70.4 Å². The molecular formula is C20H15ClF4N4O3S. The molecule has 0 bridgehead atoms. The van der Waals surface area contributed by atoms with Gasteiger partial charge in [0, 0.05) is 18.1 Å². The van der Waals surface area contributed by atoms with Gasteiger partial charge in [0.1, 0.15) is 16.5 Å². The van der Waals surface area contributed by atoms with E-state index in [0.29, 0.717) is 6.07 Å². The van der Waals surface area contributed by atoms with E-state index in [-0.39, 0.29) is 27.7 Å². The number of hydrogen-bond donors (Lipinski definition) is 2. The normalized spacial score (nSPS) is 13.3. The second kappa shape index (κ2) is 8.94. The van der Waals surface area contributed by atoms with Crippen molar-refractivity contribution in [3.8, 4) is 11.5 Å². The van der Waals surface area contributed by atoms with Crippen molar-refractivity contribution in [1.82, 2.24) is 9.97 Å². The first-order chi connectivity index (χ1) is 15.3. The Morgan fingerprint density at radius 1 is 1.18 bits per heavy atom. The third-order valence-electron chi connectivity index (χ3n) is 4.23. The van der Waals surface area contributed by atoms with E-state index < -0.39 is 44.1 Å². The van der Waals surface area contributed by atoms with E-state index in [2.05, 4.69) is 15.3 Å². The number of halogens is 5. The van der Waals surface area contributed by atoms with Gasteiger partial charge in [0.15, 0.2) is 0 Å². The standard InChI is InChI=1S/C20H15ClF4N4O3S/c1-10-15(3-4-17(22)28-10)32-16-9-13(20(23,24)25)14(21)8-12(16)19(30)29-11-5-6-27-18(7-11)33(2,26)31/h3-9,26H,1-2H3,(H,27,29,30)/t33-/m0/s1. The quantitative estimate of drug-likeness (QED) is 0.345. The maximum Gasteiger partial charge on any atom is 0.417 e. The Morgan fingerprint density at radius 2 is 1.88 bits per heavy atom. The van der Waals surface area contributed by atoms with E-state index in [1.807, 2.05) is 0 Å². The Balaban J connectivity index is 2.06. The van der Waals surface area contributed by atoms with Crippen molar-refractivity contribution in [2.45, 2.75) is 18.1 Å². The van der Waals surface area contributed by atoms with Gasteiger partial charge < -0.3 is 10.1 Å². The monoisotopic (exact) mass is 502 g/mol. The Morgan fingerprint density at radius 3 is 2.48 bits per heavy atom. The van der Waals surface area contributed by atoms with E-state index in [1.54, 1.807) is 0 Å². The summed E-state index contributed by atoms with van der Waals surface area (Å²) in [4.78, 5) is 20.2. The number of alkyl halides is 3. The molecule has 1 atom stereocenters. The van der Waals surface area contributed by atoms with E-state index in [1.165, 1.54) is 25.3 Å². The molecule has 1 amide bonds. The first-order valence-electron chi connectivity index (χ1n) is 8.98. The summed E-state index contributed by atoms with van der Waals surface area (Å²) in [6, 6.07) is 5.99. The highest BCUT2D eigenvalue weighted by Gasteiger charge is 2.35. The third kappa shape index (κ3) is 5.76. The lowest BCUT2D eigenvalue weighted by molar-refractivity contribution is -0.137. The van der Waals surface area contributed by atoms with Crippen LogP contribution in [0.15, 0.2) is 47.6 Å². The van der Waals surface area contributed by atoms with Crippen LogP contribution >= 0.6 is 11.6 Å².